The highest BCUT2D eigenvalue weighted by atomic mass is 32.2. The molecule has 1 heterocycles. The molecular formula is C25H26N2O5S. The van der Waals surface area contributed by atoms with E-state index in [0.717, 1.165) is 15.4 Å². The van der Waals surface area contributed by atoms with Crippen LogP contribution in [0.2, 0.25) is 0 Å². The van der Waals surface area contributed by atoms with Gasteiger partial charge < -0.3 is 9.84 Å². The summed E-state index contributed by atoms with van der Waals surface area (Å²) in [7, 11) is -1.73. The topological polar surface area (TPSA) is 96.8 Å². The molecule has 8 heteroatoms. The molecule has 0 atom stereocenters. The molecule has 0 bridgehead atoms. The van der Waals surface area contributed by atoms with Gasteiger partial charge in [0.15, 0.2) is 0 Å². The third-order valence-electron chi connectivity index (χ3n) is 6.11. The average Bonchev–Trinajstić information content (AvgIpc) is 2.85. The molecule has 0 radical (unpaired) electrons. The van der Waals surface area contributed by atoms with Crippen molar-refractivity contribution in [2.75, 3.05) is 11.4 Å². The Labute approximate surface area is 194 Å². The zero-order chi connectivity index (χ0) is 23.4. The number of hydrogen-bond donors (Lipinski definition) is 2. The first-order chi connectivity index (χ1) is 16.0. The summed E-state index contributed by atoms with van der Waals surface area (Å²) in [6.45, 7) is 0. The summed E-state index contributed by atoms with van der Waals surface area (Å²) in [6, 6.07) is 14.2. The van der Waals surface area contributed by atoms with E-state index in [1.807, 2.05) is 0 Å². The van der Waals surface area contributed by atoms with Crippen molar-refractivity contribution in [1.82, 2.24) is 4.98 Å². The molecule has 0 aliphatic heterocycles. The number of pyridine rings is 1. The molecule has 1 fully saturated rings. The molecule has 7 nitrogen and oxygen atoms in total. The third kappa shape index (κ3) is 5.01. The van der Waals surface area contributed by atoms with Crippen LogP contribution in [0.15, 0.2) is 60.9 Å². The highest BCUT2D eigenvalue weighted by Gasteiger charge is 2.20. The quantitative estimate of drug-likeness (QED) is 0.467. The molecule has 3 aromatic rings. The van der Waals surface area contributed by atoms with Crippen LogP contribution in [0.1, 0.15) is 53.9 Å². The summed E-state index contributed by atoms with van der Waals surface area (Å²) in [5.74, 6) is -0.381. The van der Waals surface area contributed by atoms with Gasteiger partial charge in [-0.2, -0.15) is 0 Å². The van der Waals surface area contributed by atoms with E-state index in [2.05, 4.69) is 29.2 Å². The Morgan fingerprint density at radius 1 is 1.00 bits per heavy atom. The van der Waals surface area contributed by atoms with E-state index < -0.39 is 16.9 Å². The number of ether oxygens (including phenoxy) is 1. The van der Waals surface area contributed by atoms with Gasteiger partial charge in [-0.3, -0.25) is 4.98 Å². The SMILES string of the molecule is COc1cc(C(=O)O)ccc1N(c1cncc(-c2ccc(C3CCCCC3)cc2)c1)[SH](=O)=O. The maximum absolute atomic E-state index is 12.2. The first-order valence-electron chi connectivity index (χ1n) is 10.9. The number of aromatic nitrogens is 1. The zero-order valence-electron chi connectivity index (χ0n) is 18.3. The van der Waals surface area contributed by atoms with E-state index in [-0.39, 0.29) is 17.0 Å². The number of benzene rings is 2. The van der Waals surface area contributed by atoms with Gasteiger partial charge in [0.2, 0.25) is 10.9 Å². The minimum absolute atomic E-state index is 0.00149. The van der Waals surface area contributed by atoms with Gasteiger partial charge in [-0.15, -0.1) is 0 Å². The normalized spacial score (nSPS) is 14.2. The van der Waals surface area contributed by atoms with Crippen LogP contribution in [0.4, 0.5) is 11.4 Å². The minimum atomic E-state index is -3.09. The van der Waals surface area contributed by atoms with Crippen molar-refractivity contribution in [2.24, 2.45) is 0 Å². The largest absolute Gasteiger partial charge is 0.495 e. The number of hydrogen-bond acceptors (Lipinski definition) is 5. The van der Waals surface area contributed by atoms with Crippen LogP contribution < -0.4 is 9.04 Å². The fourth-order valence-electron chi connectivity index (χ4n) is 4.39. The van der Waals surface area contributed by atoms with Crippen molar-refractivity contribution in [1.29, 1.82) is 0 Å². The molecule has 1 aliphatic rings. The van der Waals surface area contributed by atoms with Gasteiger partial charge in [0.05, 0.1) is 30.2 Å². The van der Waals surface area contributed by atoms with E-state index in [0.29, 0.717) is 11.6 Å². The molecule has 0 saturated heterocycles. The van der Waals surface area contributed by atoms with Crippen molar-refractivity contribution in [2.45, 2.75) is 38.0 Å². The molecule has 1 aliphatic carbocycles. The number of carboxylic acids is 1. The van der Waals surface area contributed by atoms with Crippen LogP contribution >= 0.6 is 0 Å². The Morgan fingerprint density at radius 3 is 2.36 bits per heavy atom. The first kappa shape index (κ1) is 22.8. The Morgan fingerprint density at radius 2 is 1.73 bits per heavy atom. The maximum atomic E-state index is 12.2. The number of methoxy groups -OCH3 is 1. The van der Waals surface area contributed by atoms with E-state index in [1.54, 1.807) is 12.3 Å². The Hall–Kier alpha value is -3.39. The second kappa shape index (κ2) is 10.0. The minimum Gasteiger partial charge on any atom is -0.495 e. The average molecular weight is 467 g/mol. The molecule has 2 aromatic carbocycles. The van der Waals surface area contributed by atoms with E-state index >= 15 is 0 Å². The van der Waals surface area contributed by atoms with Crippen molar-refractivity contribution >= 4 is 28.2 Å². The lowest BCUT2D eigenvalue weighted by Gasteiger charge is -2.22. The summed E-state index contributed by atoms with van der Waals surface area (Å²) in [5, 5.41) is 9.23. The third-order valence-corrected chi connectivity index (χ3v) is 6.88. The summed E-state index contributed by atoms with van der Waals surface area (Å²) in [6.07, 6.45) is 9.47. The lowest BCUT2D eigenvalue weighted by molar-refractivity contribution is 0.0696. The van der Waals surface area contributed by atoms with Crippen LogP contribution in [0, 0.1) is 0 Å². The standard InChI is InChI=1S/C25H26N2O5S/c1-32-24-14-20(25(28)29)11-12-23(24)27(33(30)31)22-13-21(15-26-16-22)19-9-7-18(8-10-19)17-5-3-2-4-6-17/h7-17,33H,2-6H2,1H3,(H,28,29). The number of carbonyl (C=O) groups is 1. The van der Waals surface area contributed by atoms with Crippen molar-refractivity contribution in [3.05, 3.63) is 72.1 Å². The van der Waals surface area contributed by atoms with Gasteiger partial charge in [-0.25, -0.2) is 17.5 Å². The van der Waals surface area contributed by atoms with Crippen LogP contribution in [0.3, 0.4) is 0 Å². The summed E-state index contributed by atoms with van der Waals surface area (Å²) in [5.41, 5.74) is 3.62. The van der Waals surface area contributed by atoms with E-state index in [1.165, 1.54) is 69.2 Å². The molecule has 0 unspecified atom stereocenters. The lowest BCUT2D eigenvalue weighted by Crippen LogP contribution is -2.16. The fourth-order valence-corrected chi connectivity index (χ4v) is 5.03. The van der Waals surface area contributed by atoms with Crippen LogP contribution in [-0.4, -0.2) is 31.6 Å². The Bertz CT molecular complexity index is 1210. The van der Waals surface area contributed by atoms with Crippen molar-refractivity contribution < 1.29 is 23.1 Å². The van der Waals surface area contributed by atoms with E-state index in [9.17, 15) is 18.3 Å². The van der Waals surface area contributed by atoms with Gasteiger partial charge in [-0.1, -0.05) is 43.5 Å². The number of anilines is 2. The van der Waals surface area contributed by atoms with Gasteiger partial charge in [0.1, 0.15) is 5.75 Å². The van der Waals surface area contributed by atoms with Gasteiger partial charge >= 0.3 is 5.97 Å². The number of thiol groups is 1. The van der Waals surface area contributed by atoms with Crippen LogP contribution in [0.25, 0.3) is 11.1 Å². The number of carboxylic acid groups (broad SMARTS) is 1. The van der Waals surface area contributed by atoms with Crippen LogP contribution in [-0.2, 0) is 10.9 Å². The smallest absolute Gasteiger partial charge is 0.335 e. The second-order valence-corrected chi connectivity index (χ2v) is 9.01. The van der Waals surface area contributed by atoms with Gasteiger partial charge in [-0.05, 0) is 54.2 Å². The summed E-state index contributed by atoms with van der Waals surface area (Å²) in [4.78, 5) is 15.5. The summed E-state index contributed by atoms with van der Waals surface area (Å²) >= 11 is 0. The summed E-state index contributed by atoms with van der Waals surface area (Å²) < 4.78 is 30.8. The molecule has 33 heavy (non-hydrogen) atoms. The first-order valence-corrected chi connectivity index (χ1v) is 12.0. The second-order valence-electron chi connectivity index (χ2n) is 8.13. The number of nitrogens with zero attached hydrogens (tertiary/aromatic N) is 2. The monoisotopic (exact) mass is 466 g/mol. The predicted molar refractivity (Wildman–Crippen MR) is 128 cm³/mol. The van der Waals surface area contributed by atoms with Crippen molar-refractivity contribution in [3.8, 4) is 16.9 Å². The molecule has 4 rings (SSSR count). The maximum Gasteiger partial charge on any atom is 0.335 e. The van der Waals surface area contributed by atoms with Crippen LogP contribution in [0.5, 0.6) is 5.75 Å². The van der Waals surface area contributed by atoms with E-state index in [4.69, 9.17) is 4.74 Å². The number of rotatable bonds is 7. The molecule has 0 spiro atoms. The van der Waals surface area contributed by atoms with Crippen molar-refractivity contribution in [3.63, 3.8) is 0 Å². The molecule has 172 valence electrons. The molecular weight excluding hydrogens is 440 g/mol. The lowest BCUT2D eigenvalue weighted by atomic mass is 9.84. The Balaban J connectivity index is 1.67. The molecule has 0 amide bonds. The predicted octanol–water partition coefficient (Wildman–Crippen LogP) is 5.17. The Kier molecular flexibility index (Phi) is 6.93. The van der Waals surface area contributed by atoms with Gasteiger partial charge in [0, 0.05) is 11.8 Å². The molecule has 1 saturated carbocycles. The highest BCUT2D eigenvalue weighted by Crippen LogP contribution is 2.37. The molecule has 1 aromatic heterocycles. The zero-order valence-corrected chi connectivity index (χ0v) is 19.2. The fraction of sp³-hybridized carbons (Fsp3) is 0.280. The number of aromatic carboxylic acids is 1. The molecule has 1 N–H and O–H groups in total. The highest BCUT2D eigenvalue weighted by molar-refractivity contribution is 7.74. The van der Waals surface area contributed by atoms with Gasteiger partial charge in [0.25, 0.3) is 0 Å².